The first-order valence-corrected chi connectivity index (χ1v) is 10.1. The number of aryl methyl sites for hydroxylation is 1. The van der Waals surface area contributed by atoms with Gasteiger partial charge in [-0.15, -0.1) is 11.3 Å². The Morgan fingerprint density at radius 3 is 2.70 bits per heavy atom. The summed E-state index contributed by atoms with van der Waals surface area (Å²) in [6.45, 7) is 3.69. The molecule has 1 aromatic carbocycles. The number of aromatic nitrogens is 2. The van der Waals surface area contributed by atoms with E-state index in [1.54, 1.807) is 25.1 Å². The third-order valence-corrected chi connectivity index (χ3v) is 5.39. The van der Waals surface area contributed by atoms with E-state index in [2.05, 4.69) is 10.3 Å². The van der Waals surface area contributed by atoms with E-state index in [9.17, 15) is 18.8 Å². The maximum atomic E-state index is 14.1. The molecule has 0 saturated carbocycles. The number of nitrogens with zero attached hydrogens (tertiary/aromatic N) is 2. The summed E-state index contributed by atoms with van der Waals surface area (Å²) in [6, 6.07) is 7.70. The smallest absolute Gasteiger partial charge is 0.309 e. The molecule has 0 fully saturated rings. The van der Waals surface area contributed by atoms with Gasteiger partial charge in [0.15, 0.2) is 5.13 Å². The van der Waals surface area contributed by atoms with E-state index in [0.717, 1.165) is 22.6 Å². The number of amides is 1. The van der Waals surface area contributed by atoms with Gasteiger partial charge in [0, 0.05) is 16.6 Å². The molecule has 0 aliphatic rings. The van der Waals surface area contributed by atoms with Crippen molar-refractivity contribution < 1.29 is 19.1 Å². The van der Waals surface area contributed by atoms with Crippen LogP contribution in [0.5, 0.6) is 0 Å². The molecule has 3 aromatic rings. The molecule has 7 nitrogen and oxygen atoms in total. The normalized spacial score (nSPS) is 10.8. The number of halogens is 1. The Morgan fingerprint density at radius 1 is 1.30 bits per heavy atom. The summed E-state index contributed by atoms with van der Waals surface area (Å²) in [5.74, 6) is -2.10. The predicted molar refractivity (Wildman–Crippen MR) is 112 cm³/mol. The molecule has 0 aliphatic heterocycles. The molecule has 0 bridgehead atoms. The van der Waals surface area contributed by atoms with Crippen molar-refractivity contribution in [2.75, 3.05) is 5.32 Å². The third-order valence-electron chi connectivity index (χ3n) is 4.59. The molecule has 2 N–H and O–H groups in total. The molecule has 0 spiro atoms. The van der Waals surface area contributed by atoms with Crippen LogP contribution in [0.15, 0.2) is 40.5 Å². The van der Waals surface area contributed by atoms with E-state index < -0.39 is 23.3 Å². The van der Waals surface area contributed by atoms with Gasteiger partial charge in [-0.3, -0.25) is 19.7 Å². The van der Waals surface area contributed by atoms with Gasteiger partial charge in [0.1, 0.15) is 11.4 Å². The highest BCUT2D eigenvalue weighted by molar-refractivity contribution is 7.14. The van der Waals surface area contributed by atoms with Crippen LogP contribution < -0.4 is 10.9 Å². The van der Waals surface area contributed by atoms with Crippen molar-refractivity contribution in [3.8, 4) is 0 Å². The average Bonchev–Trinajstić information content (AvgIpc) is 3.12. The Hall–Kier alpha value is -3.33. The first kappa shape index (κ1) is 21.4. The van der Waals surface area contributed by atoms with Gasteiger partial charge in [-0.05, 0) is 31.0 Å². The van der Waals surface area contributed by atoms with Crippen molar-refractivity contribution in [2.45, 2.75) is 33.2 Å². The Bertz CT molecular complexity index is 1170. The number of carbonyl (C=O) groups excluding carboxylic acids is 1. The highest BCUT2D eigenvalue weighted by atomic mass is 32.1. The molecule has 0 saturated heterocycles. The second-order valence-electron chi connectivity index (χ2n) is 6.69. The van der Waals surface area contributed by atoms with E-state index in [-0.39, 0.29) is 23.7 Å². The van der Waals surface area contributed by atoms with Crippen molar-refractivity contribution in [3.63, 3.8) is 0 Å². The van der Waals surface area contributed by atoms with Gasteiger partial charge in [-0.1, -0.05) is 25.1 Å². The van der Waals surface area contributed by atoms with Crippen LogP contribution in [-0.4, -0.2) is 26.5 Å². The molecule has 0 radical (unpaired) electrons. The number of carbonyl (C=O) groups is 2. The van der Waals surface area contributed by atoms with Crippen LogP contribution in [-0.2, 0) is 24.2 Å². The number of pyridine rings is 1. The molecule has 156 valence electrons. The van der Waals surface area contributed by atoms with Crippen molar-refractivity contribution in [1.82, 2.24) is 9.55 Å². The van der Waals surface area contributed by atoms with E-state index in [4.69, 9.17) is 5.11 Å². The third kappa shape index (κ3) is 4.62. The first-order valence-electron chi connectivity index (χ1n) is 9.24. The fraction of sp³-hybridized carbons (Fsp3) is 0.238. The molecule has 30 heavy (non-hydrogen) atoms. The molecular formula is C21H20FN3O4S. The number of aliphatic carboxylic acids is 1. The number of nitrogens with one attached hydrogen (secondary N) is 1. The summed E-state index contributed by atoms with van der Waals surface area (Å²) in [5.41, 5.74) is 1.51. The van der Waals surface area contributed by atoms with Crippen LogP contribution in [0.3, 0.4) is 0 Å². The molecule has 1 amide bonds. The maximum Gasteiger partial charge on any atom is 0.309 e. The number of anilines is 1. The molecule has 0 aliphatic carbocycles. The van der Waals surface area contributed by atoms with Gasteiger partial charge in [-0.25, -0.2) is 9.37 Å². The fourth-order valence-corrected chi connectivity index (χ4v) is 3.91. The lowest BCUT2D eigenvalue weighted by atomic mass is 10.1. The Morgan fingerprint density at radius 2 is 2.03 bits per heavy atom. The quantitative estimate of drug-likeness (QED) is 0.600. The highest BCUT2D eigenvalue weighted by Crippen LogP contribution is 2.18. The molecule has 0 unspecified atom stereocenters. The number of carboxylic acids is 1. The summed E-state index contributed by atoms with van der Waals surface area (Å²) in [5, 5.41) is 13.1. The zero-order valence-corrected chi connectivity index (χ0v) is 17.3. The number of hydrogen-bond donors (Lipinski definition) is 2. The second kappa shape index (κ2) is 9.00. The summed E-state index contributed by atoms with van der Waals surface area (Å²) >= 11 is 1.08. The Kier molecular flexibility index (Phi) is 6.41. The van der Waals surface area contributed by atoms with Gasteiger partial charge in [0.25, 0.3) is 11.5 Å². The van der Waals surface area contributed by atoms with E-state index in [1.165, 1.54) is 22.1 Å². The van der Waals surface area contributed by atoms with Crippen molar-refractivity contribution in [3.05, 3.63) is 80.0 Å². The van der Waals surface area contributed by atoms with Crippen LogP contribution in [0.25, 0.3) is 0 Å². The zero-order valence-electron chi connectivity index (χ0n) is 16.4. The van der Waals surface area contributed by atoms with Gasteiger partial charge in [0.2, 0.25) is 0 Å². The van der Waals surface area contributed by atoms with E-state index in [0.29, 0.717) is 17.7 Å². The van der Waals surface area contributed by atoms with Crippen LogP contribution in [0, 0.1) is 12.7 Å². The topological polar surface area (TPSA) is 101 Å². The molecule has 9 heteroatoms. The van der Waals surface area contributed by atoms with Crippen LogP contribution in [0.4, 0.5) is 9.52 Å². The summed E-state index contributed by atoms with van der Waals surface area (Å²) in [6.07, 6.45) is 0.286. The number of thiazole rings is 1. The Balaban J connectivity index is 1.95. The standard InChI is InChI=1S/C21H20FN3O4S/c1-3-17-12(2)8-15(19(28)24-21-23-14(11-30-21)9-18(26)27)20(29)25(17)10-13-6-4-5-7-16(13)22/h4-8,11H,3,9-10H2,1-2H3,(H,26,27)(H,23,24,28). The van der Waals surface area contributed by atoms with Gasteiger partial charge in [-0.2, -0.15) is 0 Å². The minimum absolute atomic E-state index is 0.0106. The molecule has 0 atom stereocenters. The molecule has 3 rings (SSSR count). The summed E-state index contributed by atoms with van der Waals surface area (Å²) < 4.78 is 15.6. The molecule has 2 heterocycles. The summed E-state index contributed by atoms with van der Waals surface area (Å²) in [7, 11) is 0. The largest absolute Gasteiger partial charge is 0.481 e. The summed E-state index contributed by atoms with van der Waals surface area (Å²) in [4.78, 5) is 40.7. The first-order chi connectivity index (χ1) is 14.3. The fourth-order valence-electron chi connectivity index (χ4n) is 3.20. The van der Waals surface area contributed by atoms with Crippen molar-refractivity contribution in [2.24, 2.45) is 0 Å². The number of rotatable bonds is 7. The Labute approximate surface area is 175 Å². The lowest BCUT2D eigenvalue weighted by Gasteiger charge is -2.16. The zero-order chi connectivity index (χ0) is 21.8. The second-order valence-corrected chi connectivity index (χ2v) is 7.55. The molecule has 2 aromatic heterocycles. The lowest BCUT2D eigenvalue weighted by molar-refractivity contribution is -0.136. The van der Waals surface area contributed by atoms with Crippen LogP contribution in [0.1, 0.15) is 39.8 Å². The lowest BCUT2D eigenvalue weighted by Crippen LogP contribution is -2.32. The minimum atomic E-state index is -1.03. The highest BCUT2D eigenvalue weighted by Gasteiger charge is 2.19. The van der Waals surface area contributed by atoms with Crippen molar-refractivity contribution in [1.29, 1.82) is 0 Å². The monoisotopic (exact) mass is 429 g/mol. The van der Waals surface area contributed by atoms with Crippen LogP contribution >= 0.6 is 11.3 Å². The van der Waals surface area contributed by atoms with Crippen molar-refractivity contribution >= 4 is 28.3 Å². The number of carboxylic acid groups (broad SMARTS) is 1. The average molecular weight is 429 g/mol. The predicted octanol–water partition coefficient (Wildman–Crippen LogP) is 3.24. The number of hydrogen-bond acceptors (Lipinski definition) is 5. The minimum Gasteiger partial charge on any atom is -0.481 e. The van der Waals surface area contributed by atoms with E-state index in [1.807, 2.05) is 6.92 Å². The van der Waals surface area contributed by atoms with Gasteiger partial charge < -0.3 is 9.67 Å². The molecular weight excluding hydrogens is 409 g/mol. The van der Waals surface area contributed by atoms with Crippen LogP contribution in [0.2, 0.25) is 0 Å². The SMILES string of the molecule is CCc1c(C)cc(C(=O)Nc2nc(CC(=O)O)cs2)c(=O)n1Cc1ccccc1F. The van der Waals surface area contributed by atoms with E-state index >= 15 is 0 Å². The maximum absolute atomic E-state index is 14.1. The van der Waals surface area contributed by atoms with Gasteiger partial charge in [0.05, 0.1) is 18.7 Å². The number of benzene rings is 1. The van der Waals surface area contributed by atoms with Gasteiger partial charge >= 0.3 is 5.97 Å².